The maximum Gasteiger partial charge on any atom is 0.408 e. The van der Waals surface area contributed by atoms with E-state index in [4.69, 9.17) is 9.47 Å². The lowest BCUT2D eigenvalue weighted by atomic mass is 9.97. The number of halogens is 1. The minimum Gasteiger partial charge on any atom is -0.464 e. The maximum atomic E-state index is 12.9. The number of nitrogens with zero attached hydrogens (tertiary/aromatic N) is 2. The van der Waals surface area contributed by atoms with Gasteiger partial charge in [-0.15, -0.1) is 0 Å². The summed E-state index contributed by atoms with van der Waals surface area (Å²) in [6.07, 6.45) is 5.38. The average Bonchev–Trinajstić information content (AvgIpc) is 2.87. The van der Waals surface area contributed by atoms with Gasteiger partial charge in [-0.1, -0.05) is 25.5 Å². The van der Waals surface area contributed by atoms with Crippen LogP contribution in [0, 0.1) is 0 Å². The lowest BCUT2D eigenvalue weighted by molar-refractivity contribution is -0.146. The predicted octanol–water partition coefficient (Wildman–Crippen LogP) is 6.74. The molecular weight excluding hydrogens is 534 g/mol. The number of aromatic nitrogens is 2. The Bertz CT molecular complexity index is 1120. The summed E-state index contributed by atoms with van der Waals surface area (Å²) in [6, 6.07) is 14.8. The van der Waals surface area contributed by atoms with Crippen molar-refractivity contribution in [3.8, 4) is 22.5 Å². The van der Waals surface area contributed by atoms with Crippen LogP contribution < -0.4 is 5.32 Å². The first-order chi connectivity index (χ1) is 17.7. The third-order valence-electron chi connectivity index (χ3n) is 5.45. The van der Waals surface area contributed by atoms with Crippen LogP contribution in [0.4, 0.5) is 4.79 Å². The molecule has 0 bridgehead atoms. The quantitative estimate of drug-likeness (QED) is 0.215. The highest BCUT2D eigenvalue weighted by atomic mass is 79.9. The summed E-state index contributed by atoms with van der Waals surface area (Å²) in [5.41, 5.74) is 3.76. The van der Waals surface area contributed by atoms with Gasteiger partial charge in [0.05, 0.1) is 18.0 Å². The Kier molecular flexibility index (Phi) is 10.2. The van der Waals surface area contributed by atoms with E-state index in [1.54, 1.807) is 33.2 Å². The Hall–Kier alpha value is -3.26. The zero-order chi connectivity index (χ0) is 26.8. The molecule has 37 heavy (non-hydrogen) atoms. The summed E-state index contributed by atoms with van der Waals surface area (Å²) in [7, 11) is 0. The number of carbonyl (C=O) groups is 2. The zero-order valence-corrected chi connectivity index (χ0v) is 23.4. The van der Waals surface area contributed by atoms with Gasteiger partial charge in [0, 0.05) is 28.0 Å². The fourth-order valence-electron chi connectivity index (χ4n) is 3.67. The molecule has 3 aromatic rings. The number of carbonyl (C=O) groups excluding carboxylic acids is 2. The van der Waals surface area contributed by atoms with Gasteiger partial charge in [0.1, 0.15) is 11.6 Å². The summed E-state index contributed by atoms with van der Waals surface area (Å²) < 4.78 is 11.7. The number of alkyl carbamates (subject to hydrolysis) is 1. The van der Waals surface area contributed by atoms with Gasteiger partial charge in [-0.25, -0.2) is 9.59 Å². The minimum atomic E-state index is -0.841. The first kappa shape index (κ1) is 28.3. The van der Waals surface area contributed by atoms with Gasteiger partial charge >= 0.3 is 12.1 Å². The molecule has 0 unspecified atom stereocenters. The largest absolute Gasteiger partial charge is 0.464 e. The molecule has 8 heteroatoms. The second-order valence-electron chi connectivity index (χ2n) is 9.69. The van der Waals surface area contributed by atoms with Crippen LogP contribution in [-0.4, -0.2) is 40.3 Å². The third kappa shape index (κ3) is 8.67. The smallest absolute Gasteiger partial charge is 0.408 e. The molecule has 196 valence electrons. The van der Waals surface area contributed by atoms with Crippen LogP contribution in [0.1, 0.15) is 52.5 Å². The van der Waals surface area contributed by atoms with E-state index in [1.807, 2.05) is 55.5 Å². The molecule has 1 amide bonds. The van der Waals surface area contributed by atoms with E-state index in [1.165, 1.54) is 0 Å². The van der Waals surface area contributed by atoms with Crippen molar-refractivity contribution in [2.75, 3.05) is 6.61 Å². The van der Waals surface area contributed by atoms with Crippen LogP contribution in [0.2, 0.25) is 0 Å². The summed E-state index contributed by atoms with van der Waals surface area (Å²) >= 11 is 3.76. The number of hydrogen-bond acceptors (Lipinski definition) is 6. The number of benzene rings is 1. The summed E-state index contributed by atoms with van der Waals surface area (Å²) in [5, 5.41) is 2.70. The molecule has 2 aromatic heterocycles. The summed E-state index contributed by atoms with van der Waals surface area (Å²) in [6.45, 7) is 7.67. The van der Waals surface area contributed by atoms with Crippen molar-refractivity contribution in [2.24, 2.45) is 0 Å². The molecule has 2 heterocycles. The molecule has 1 aromatic carbocycles. The topological polar surface area (TPSA) is 90.4 Å². The predicted molar refractivity (Wildman–Crippen MR) is 148 cm³/mol. The molecule has 0 aliphatic heterocycles. The molecule has 1 atom stereocenters. The van der Waals surface area contributed by atoms with E-state index in [9.17, 15) is 9.59 Å². The van der Waals surface area contributed by atoms with Crippen molar-refractivity contribution in [1.82, 2.24) is 15.3 Å². The van der Waals surface area contributed by atoms with Crippen LogP contribution in [0.25, 0.3) is 22.5 Å². The lowest BCUT2D eigenvalue weighted by Gasteiger charge is -2.23. The Labute approximate surface area is 227 Å². The van der Waals surface area contributed by atoms with Crippen molar-refractivity contribution in [1.29, 1.82) is 0 Å². The Morgan fingerprint density at radius 1 is 1.00 bits per heavy atom. The zero-order valence-electron chi connectivity index (χ0n) is 21.8. The standard InChI is InChI=1S/C29H34BrN3O4/c1-5-6-17-36-27(34)25(33-28(35)37-29(2,3)4)14-13-20-18-21(23-11-7-9-15-31-23)26(30)22(19-20)24-12-8-10-16-32-24/h7-12,15-16,18-19,25H,5-6,13-14,17H2,1-4H3,(H,33,35)/t25-/m0/s1. The number of nitrogens with one attached hydrogen (secondary N) is 1. The van der Waals surface area contributed by atoms with Gasteiger partial charge in [0.15, 0.2) is 0 Å². The normalized spacial score (nSPS) is 12.0. The van der Waals surface area contributed by atoms with Crippen LogP contribution in [0.5, 0.6) is 0 Å². The second kappa shape index (κ2) is 13.3. The average molecular weight is 569 g/mol. The highest BCUT2D eigenvalue weighted by molar-refractivity contribution is 9.10. The molecule has 0 radical (unpaired) electrons. The van der Waals surface area contributed by atoms with Crippen LogP contribution in [-0.2, 0) is 20.7 Å². The van der Waals surface area contributed by atoms with Crippen molar-refractivity contribution in [3.05, 3.63) is 71.0 Å². The number of unbranched alkanes of at least 4 members (excludes halogenated alkanes) is 1. The van der Waals surface area contributed by atoms with Crippen LogP contribution >= 0.6 is 15.9 Å². The number of pyridine rings is 2. The molecule has 0 aliphatic carbocycles. The van der Waals surface area contributed by atoms with Crippen molar-refractivity contribution in [3.63, 3.8) is 0 Å². The van der Waals surface area contributed by atoms with E-state index < -0.39 is 23.7 Å². The number of ether oxygens (including phenoxy) is 2. The Morgan fingerprint density at radius 2 is 1.59 bits per heavy atom. The fraction of sp³-hybridized carbons (Fsp3) is 0.379. The molecule has 0 saturated heterocycles. The molecule has 3 rings (SSSR count). The van der Waals surface area contributed by atoms with Crippen molar-refractivity contribution in [2.45, 2.75) is 65.0 Å². The van der Waals surface area contributed by atoms with Gasteiger partial charge in [-0.3, -0.25) is 9.97 Å². The van der Waals surface area contributed by atoms with Crippen LogP contribution in [0.15, 0.2) is 65.4 Å². The molecule has 0 saturated carbocycles. The number of rotatable bonds is 10. The third-order valence-corrected chi connectivity index (χ3v) is 6.31. The molecule has 0 aliphatic rings. The van der Waals surface area contributed by atoms with Crippen LogP contribution in [0.3, 0.4) is 0 Å². The second-order valence-corrected chi connectivity index (χ2v) is 10.5. The Balaban J connectivity index is 1.90. The number of amides is 1. The number of esters is 1. The van der Waals surface area contributed by atoms with Gasteiger partial charge < -0.3 is 14.8 Å². The SMILES string of the molecule is CCCCOC(=O)[C@H](CCc1cc(-c2ccccn2)c(Br)c(-c2ccccn2)c1)NC(=O)OC(C)(C)C. The first-order valence-corrected chi connectivity index (χ1v) is 13.3. The lowest BCUT2D eigenvalue weighted by Crippen LogP contribution is -2.44. The molecule has 7 nitrogen and oxygen atoms in total. The number of aryl methyl sites for hydroxylation is 1. The fourth-order valence-corrected chi connectivity index (χ4v) is 4.31. The van der Waals surface area contributed by atoms with Gasteiger partial charge in [0.25, 0.3) is 0 Å². The first-order valence-electron chi connectivity index (χ1n) is 12.5. The van der Waals surface area contributed by atoms with Gasteiger partial charge in [-0.05, 0) is 97.9 Å². The van der Waals surface area contributed by atoms with E-state index in [2.05, 4.69) is 31.2 Å². The Morgan fingerprint density at radius 3 is 2.08 bits per heavy atom. The molecule has 1 N–H and O–H groups in total. The maximum absolute atomic E-state index is 12.9. The monoisotopic (exact) mass is 567 g/mol. The molecular formula is C29H34BrN3O4. The highest BCUT2D eigenvalue weighted by Crippen LogP contribution is 2.37. The minimum absolute atomic E-state index is 0.313. The highest BCUT2D eigenvalue weighted by Gasteiger charge is 2.26. The van der Waals surface area contributed by atoms with E-state index >= 15 is 0 Å². The van der Waals surface area contributed by atoms with Gasteiger partial charge in [0.2, 0.25) is 0 Å². The van der Waals surface area contributed by atoms with E-state index in [-0.39, 0.29) is 0 Å². The number of hydrogen-bond donors (Lipinski definition) is 1. The van der Waals surface area contributed by atoms with E-state index in [0.29, 0.717) is 19.4 Å². The van der Waals surface area contributed by atoms with E-state index in [0.717, 1.165) is 45.4 Å². The van der Waals surface area contributed by atoms with Gasteiger partial charge in [-0.2, -0.15) is 0 Å². The van der Waals surface area contributed by atoms with Crippen molar-refractivity contribution < 1.29 is 19.1 Å². The summed E-state index contributed by atoms with van der Waals surface area (Å²) in [4.78, 5) is 34.4. The molecule has 0 spiro atoms. The van der Waals surface area contributed by atoms with Crippen molar-refractivity contribution >= 4 is 28.0 Å². The molecule has 0 fully saturated rings. The summed E-state index contributed by atoms with van der Waals surface area (Å²) in [5.74, 6) is -0.466.